The number of para-hydroxylation sites is 1. The summed E-state index contributed by atoms with van der Waals surface area (Å²) in [5, 5.41) is 1.06. The van der Waals surface area contributed by atoms with Gasteiger partial charge in [-0.2, -0.15) is 0 Å². The molecule has 1 atom stereocenters. The Hall–Kier alpha value is -2.39. The predicted molar refractivity (Wildman–Crippen MR) is 85.3 cm³/mol. The number of ether oxygens (including phenoxy) is 1. The fourth-order valence-corrected chi connectivity index (χ4v) is 2.36. The van der Waals surface area contributed by atoms with Gasteiger partial charge >= 0.3 is 0 Å². The summed E-state index contributed by atoms with van der Waals surface area (Å²) in [6.07, 6.45) is 1.61. The zero-order valence-corrected chi connectivity index (χ0v) is 12.0. The molecule has 0 aliphatic heterocycles. The van der Waals surface area contributed by atoms with Crippen molar-refractivity contribution < 1.29 is 4.74 Å². The molecule has 106 valence electrons. The van der Waals surface area contributed by atoms with Crippen molar-refractivity contribution in [2.75, 3.05) is 6.54 Å². The third-order valence-electron chi connectivity index (χ3n) is 3.53. The quantitative estimate of drug-likeness (QED) is 0.793. The highest BCUT2D eigenvalue weighted by atomic mass is 16.5. The molecule has 3 rings (SSSR count). The minimum atomic E-state index is -0.168. The number of rotatable bonds is 4. The molecule has 2 N–H and O–H groups in total. The second-order valence-corrected chi connectivity index (χ2v) is 5.08. The van der Waals surface area contributed by atoms with E-state index in [2.05, 4.69) is 36.2 Å². The van der Waals surface area contributed by atoms with Crippen molar-refractivity contribution in [1.82, 2.24) is 4.98 Å². The van der Waals surface area contributed by atoms with Crippen molar-refractivity contribution in [3.8, 4) is 5.75 Å². The zero-order valence-electron chi connectivity index (χ0n) is 12.0. The Balaban J connectivity index is 1.94. The first-order valence-corrected chi connectivity index (χ1v) is 7.05. The number of fused-ring (bicyclic) bond motifs is 1. The molecule has 0 bridgehead atoms. The largest absolute Gasteiger partial charge is 0.482 e. The smallest absolute Gasteiger partial charge is 0.146 e. The lowest BCUT2D eigenvalue weighted by Crippen LogP contribution is -2.18. The standard InChI is InChI=1S/C18H18N2O/c1-13-7-9-14(10-8-13)17(12-19)21-16-6-2-4-15-5-3-11-20-18(15)16/h2-11,17H,12,19H2,1H3. The van der Waals surface area contributed by atoms with E-state index in [4.69, 9.17) is 10.5 Å². The van der Waals surface area contributed by atoms with Gasteiger partial charge in [-0.3, -0.25) is 4.98 Å². The lowest BCUT2D eigenvalue weighted by atomic mass is 10.1. The predicted octanol–water partition coefficient (Wildman–Crippen LogP) is 3.62. The van der Waals surface area contributed by atoms with Crippen molar-refractivity contribution in [2.45, 2.75) is 13.0 Å². The monoisotopic (exact) mass is 278 g/mol. The molecule has 1 unspecified atom stereocenters. The molecule has 1 aromatic heterocycles. The van der Waals surface area contributed by atoms with E-state index in [1.807, 2.05) is 30.3 Å². The molecule has 0 fully saturated rings. The van der Waals surface area contributed by atoms with E-state index in [-0.39, 0.29) is 6.10 Å². The number of aromatic nitrogens is 1. The van der Waals surface area contributed by atoms with Gasteiger partial charge in [0.25, 0.3) is 0 Å². The summed E-state index contributed by atoms with van der Waals surface area (Å²) in [6, 6.07) is 18.2. The molecule has 0 aliphatic rings. The molecular formula is C18H18N2O. The number of hydrogen-bond acceptors (Lipinski definition) is 3. The minimum Gasteiger partial charge on any atom is -0.482 e. The number of nitrogens with two attached hydrogens (primary N) is 1. The Morgan fingerprint density at radius 3 is 2.57 bits per heavy atom. The molecule has 0 amide bonds. The van der Waals surface area contributed by atoms with Crippen LogP contribution >= 0.6 is 0 Å². The maximum atomic E-state index is 6.12. The van der Waals surface area contributed by atoms with E-state index in [1.54, 1.807) is 6.20 Å². The van der Waals surface area contributed by atoms with Crippen molar-refractivity contribution in [1.29, 1.82) is 0 Å². The van der Waals surface area contributed by atoms with Crippen LogP contribution in [0.25, 0.3) is 10.9 Å². The fraction of sp³-hybridized carbons (Fsp3) is 0.167. The van der Waals surface area contributed by atoms with Crippen molar-refractivity contribution in [2.24, 2.45) is 5.73 Å². The highest BCUT2D eigenvalue weighted by molar-refractivity contribution is 5.84. The molecule has 2 aromatic carbocycles. The first-order chi connectivity index (χ1) is 10.3. The van der Waals surface area contributed by atoms with E-state index in [9.17, 15) is 0 Å². The number of pyridine rings is 1. The number of hydrogen-bond donors (Lipinski definition) is 1. The highest BCUT2D eigenvalue weighted by Gasteiger charge is 2.13. The second kappa shape index (κ2) is 5.94. The summed E-state index contributed by atoms with van der Waals surface area (Å²) < 4.78 is 6.12. The molecule has 3 aromatic rings. The van der Waals surface area contributed by atoms with Crippen LogP contribution in [0.5, 0.6) is 5.75 Å². The van der Waals surface area contributed by atoms with Crippen LogP contribution in [0.3, 0.4) is 0 Å². The maximum Gasteiger partial charge on any atom is 0.146 e. The molecule has 0 spiro atoms. The Kier molecular flexibility index (Phi) is 3.84. The minimum absolute atomic E-state index is 0.168. The summed E-state index contributed by atoms with van der Waals surface area (Å²) in [6.45, 7) is 2.49. The summed E-state index contributed by atoms with van der Waals surface area (Å²) in [4.78, 5) is 4.41. The summed E-state index contributed by atoms with van der Waals surface area (Å²) in [7, 11) is 0. The van der Waals surface area contributed by atoms with Crippen molar-refractivity contribution in [3.63, 3.8) is 0 Å². The number of nitrogens with zero attached hydrogens (tertiary/aromatic N) is 1. The maximum absolute atomic E-state index is 6.12. The summed E-state index contributed by atoms with van der Waals surface area (Å²) >= 11 is 0. The Bertz CT molecular complexity index is 732. The number of benzene rings is 2. The molecule has 0 radical (unpaired) electrons. The van der Waals surface area contributed by atoms with Gasteiger partial charge in [0.1, 0.15) is 17.4 Å². The van der Waals surface area contributed by atoms with Crippen LogP contribution in [-0.2, 0) is 0 Å². The first-order valence-electron chi connectivity index (χ1n) is 7.05. The molecule has 0 saturated heterocycles. The van der Waals surface area contributed by atoms with Gasteiger partial charge in [-0.1, -0.05) is 48.0 Å². The molecule has 21 heavy (non-hydrogen) atoms. The second-order valence-electron chi connectivity index (χ2n) is 5.08. The van der Waals surface area contributed by atoms with Crippen LogP contribution < -0.4 is 10.5 Å². The average Bonchev–Trinajstić information content (AvgIpc) is 2.54. The van der Waals surface area contributed by atoms with E-state index in [1.165, 1.54) is 5.56 Å². The molecular weight excluding hydrogens is 260 g/mol. The Morgan fingerprint density at radius 2 is 1.81 bits per heavy atom. The van der Waals surface area contributed by atoms with Crippen LogP contribution in [-0.4, -0.2) is 11.5 Å². The zero-order chi connectivity index (χ0) is 14.7. The van der Waals surface area contributed by atoms with Crippen LogP contribution in [0, 0.1) is 6.92 Å². The van der Waals surface area contributed by atoms with Crippen molar-refractivity contribution in [3.05, 3.63) is 71.9 Å². The van der Waals surface area contributed by atoms with Crippen molar-refractivity contribution >= 4 is 10.9 Å². The van der Waals surface area contributed by atoms with E-state index >= 15 is 0 Å². The highest BCUT2D eigenvalue weighted by Crippen LogP contribution is 2.27. The van der Waals surface area contributed by atoms with Crippen LogP contribution in [0.2, 0.25) is 0 Å². The first kappa shape index (κ1) is 13.6. The van der Waals surface area contributed by atoms with Gasteiger partial charge in [-0.15, -0.1) is 0 Å². The average molecular weight is 278 g/mol. The molecule has 0 saturated carbocycles. The fourth-order valence-electron chi connectivity index (χ4n) is 2.36. The molecule has 3 nitrogen and oxygen atoms in total. The van der Waals surface area contributed by atoms with Gasteiger partial charge in [0, 0.05) is 18.1 Å². The van der Waals surface area contributed by atoms with E-state index in [0.717, 1.165) is 22.2 Å². The van der Waals surface area contributed by atoms with Gasteiger partial charge in [0.15, 0.2) is 0 Å². The van der Waals surface area contributed by atoms with Gasteiger partial charge in [-0.05, 0) is 24.6 Å². The van der Waals surface area contributed by atoms with E-state index in [0.29, 0.717) is 6.54 Å². The van der Waals surface area contributed by atoms with Crippen LogP contribution in [0.1, 0.15) is 17.2 Å². The molecule has 1 heterocycles. The molecule has 0 aliphatic carbocycles. The van der Waals surface area contributed by atoms with Gasteiger partial charge in [0.2, 0.25) is 0 Å². The third kappa shape index (κ3) is 2.88. The summed E-state index contributed by atoms with van der Waals surface area (Å²) in [5.41, 5.74) is 9.06. The topological polar surface area (TPSA) is 48.1 Å². The third-order valence-corrected chi connectivity index (χ3v) is 3.53. The normalized spacial score (nSPS) is 12.3. The SMILES string of the molecule is Cc1ccc(C(CN)Oc2cccc3cccnc23)cc1. The van der Waals surface area contributed by atoms with Crippen LogP contribution in [0.4, 0.5) is 0 Å². The van der Waals surface area contributed by atoms with Crippen LogP contribution in [0.15, 0.2) is 60.8 Å². The Morgan fingerprint density at radius 1 is 1.05 bits per heavy atom. The Labute approximate surface area is 124 Å². The molecule has 3 heteroatoms. The summed E-state index contributed by atoms with van der Waals surface area (Å²) in [5.74, 6) is 0.768. The lowest BCUT2D eigenvalue weighted by Gasteiger charge is -2.19. The number of aryl methyl sites for hydroxylation is 1. The van der Waals surface area contributed by atoms with E-state index < -0.39 is 0 Å². The van der Waals surface area contributed by atoms with Gasteiger partial charge < -0.3 is 10.5 Å². The van der Waals surface area contributed by atoms with Gasteiger partial charge in [-0.25, -0.2) is 0 Å². The van der Waals surface area contributed by atoms with Gasteiger partial charge in [0.05, 0.1) is 0 Å². The lowest BCUT2D eigenvalue weighted by molar-refractivity contribution is 0.216.